The predicted octanol–water partition coefficient (Wildman–Crippen LogP) is 3.07. The number of aliphatic hydroxyl groups is 1. The largest absolute Gasteiger partial charge is 0.479 e. The zero-order chi connectivity index (χ0) is 21.5. The van der Waals surface area contributed by atoms with Crippen LogP contribution in [0.4, 0.5) is 11.5 Å². The van der Waals surface area contributed by atoms with Gasteiger partial charge in [-0.1, -0.05) is 24.3 Å². The number of ether oxygens (including phenoxy) is 1. The van der Waals surface area contributed by atoms with E-state index >= 15 is 0 Å². The predicted molar refractivity (Wildman–Crippen MR) is 112 cm³/mol. The average Bonchev–Trinajstić information content (AvgIpc) is 2.72. The van der Waals surface area contributed by atoms with Crippen LogP contribution in [0.3, 0.4) is 0 Å². The number of aliphatic imine (C=N–C) groups is 1. The van der Waals surface area contributed by atoms with E-state index in [1.54, 1.807) is 0 Å². The van der Waals surface area contributed by atoms with Gasteiger partial charge in [-0.15, -0.1) is 0 Å². The highest BCUT2D eigenvalue weighted by Crippen LogP contribution is 2.40. The second kappa shape index (κ2) is 7.68. The van der Waals surface area contributed by atoms with E-state index in [2.05, 4.69) is 22.1 Å². The van der Waals surface area contributed by atoms with Crippen molar-refractivity contribution in [2.45, 2.75) is 57.2 Å². The highest BCUT2D eigenvalue weighted by molar-refractivity contribution is 6.09. The number of carboxylic acids is 1. The first-order chi connectivity index (χ1) is 14.3. The summed E-state index contributed by atoms with van der Waals surface area (Å²) in [6, 6.07) is 8.24. The molecule has 4 N–H and O–H groups in total. The number of anilines is 1. The van der Waals surface area contributed by atoms with Crippen molar-refractivity contribution in [1.82, 2.24) is 9.97 Å². The van der Waals surface area contributed by atoms with Gasteiger partial charge in [-0.05, 0) is 56.9 Å². The Bertz CT molecular complexity index is 979. The van der Waals surface area contributed by atoms with Gasteiger partial charge in [0, 0.05) is 5.56 Å². The fourth-order valence-electron chi connectivity index (χ4n) is 4.39. The molecule has 0 spiro atoms. The van der Waals surface area contributed by atoms with E-state index in [9.17, 15) is 9.90 Å². The van der Waals surface area contributed by atoms with Crippen LogP contribution in [0.2, 0.25) is 0 Å². The Kier molecular flexibility index (Phi) is 5.19. The van der Waals surface area contributed by atoms with Crippen molar-refractivity contribution in [3.8, 4) is 5.88 Å². The number of fused-ring (bicyclic) bond motifs is 1. The smallest absolute Gasteiger partial charge is 0.332 e. The molecular weight excluding hydrogens is 384 g/mol. The van der Waals surface area contributed by atoms with Crippen LogP contribution in [0.15, 0.2) is 35.6 Å². The third-order valence-electron chi connectivity index (χ3n) is 6.09. The number of rotatable bonds is 4. The van der Waals surface area contributed by atoms with Gasteiger partial charge in [0.05, 0.1) is 5.71 Å². The molecule has 0 bridgehead atoms. The fraction of sp³-hybridized carbons (Fsp3) is 0.455. The van der Waals surface area contributed by atoms with E-state index < -0.39 is 17.7 Å². The third kappa shape index (κ3) is 3.75. The van der Waals surface area contributed by atoms with Crippen LogP contribution in [0.25, 0.3) is 0 Å². The van der Waals surface area contributed by atoms with Crippen LogP contribution in [0, 0.1) is 5.92 Å². The maximum Gasteiger partial charge on any atom is 0.332 e. The lowest BCUT2D eigenvalue weighted by atomic mass is 9.76. The van der Waals surface area contributed by atoms with Gasteiger partial charge in [-0.2, -0.15) is 4.98 Å². The van der Waals surface area contributed by atoms with Crippen molar-refractivity contribution < 1.29 is 19.7 Å². The number of hydrogen-bond acceptors (Lipinski definition) is 7. The van der Waals surface area contributed by atoms with Crippen molar-refractivity contribution in [3.63, 3.8) is 0 Å². The summed E-state index contributed by atoms with van der Waals surface area (Å²) in [6.07, 6.45) is 3.26. The van der Waals surface area contributed by atoms with Crippen molar-refractivity contribution in [2.24, 2.45) is 10.9 Å². The molecule has 1 unspecified atom stereocenters. The van der Waals surface area contributed by atoms with E-state index in [1.807, 2.05) is 26.0 Å². The van der Waals surface area contributed by atoms with Gasteiger partial charge in [0.25, 0.3) is 0 Å². The number of hydrogen-bond donors (Lipinski definition) is 3. The van der Waals surface area contributed by atoms with Gasteiger partial charge in [-0.25, -0.2) is 14.8 Å². The highest BCUT2D eigenvalue weighted by atomic mass is 16.5. The van der Waals surface area contributed by atoms with Crippen molar-refractivity contribution in [2.75, 3.05) is 5.73 Å². The normalized spacial score (nSPS) is 23.6. The summed E-state index contributed by atoms with van der Waals surface area (Å²) in [7, 11) is 0. The van der Waals surface area contributed by atoms with Crippen LogP contribution < -0.4 is 10.5 Å². The lowest BCUT2D eigenvalue weighted by Gasteiger charge is -2.32. The number of carboxylic acid groups (broad SMARTS) is 1. The van der Waals surface area contributed by atoms with E-state index in [1.165, 1.54) is 11.9 Å². The summed E-state index contributed by atoms with van der Waals surface area (Å²) in [6.45, 7) is 3.88. The molecule has 1 aromatic heterocycles. The standard InChI is InChI=1S/C22H26N4O4/c1-22(2)18(26-16-19(23)24-11-25-20(16)30-22)15-9-5-13(6-10-15)12-3-7-14(8-4-12)17(27)21(28)29/h5-6,9-12,14,17,27H,3-4,7-8H2,1-2H3,(H,28,29)(H2,23,24,25). The lowest BCUT2D eigenvalue weighted by molar-refractivity contribution is -0.150. The Morgan fingerprint density at radius 2 is 1.83 bits per heavy atom. The molecule has 1 aromatic carbocycles. The van der Waals surface area contributed by atoms with Gasteiger partial charge >= 0.3 is 5.97 Å². The van der Waals surface area contributed by atoms with Crippen molar-refractivity contribution in [1.29, 1.82) is 0 Å². The Hall–Kier alpha value is -3.00. The van der Waals surface area contributed by atoms with E-state index in [0.29, 0.717) is 30.3 Å². The molecule has 4 rings (SSSR count). The summed E-state index contributed by atoms with van der Waals surface area (Å²) in [5, 5.41) is 18.8. The second-order valence-corrected chi connectivity index (χ2v) is 8.50. The van der Waals surface area contributed by atoms with Crippen LogP contribution in [-0.4, -0.2) is 43.6 Å². The molecule has 8 heteroatoms. The number of nitrogens with zero attached hydrogens (tertiary/aromatic N) is 3. The van der Waals surface area contributed by atoms with Gasteiger partial charge in [0.15, 0.2) is 17.6 Å². The molecule has 2 heterocycles. The van der Waals surface area contributed by atoms with Gasteiger partial charge in [0.1, 0.15) is 11.9 Å². The summed E-state index contributed by atoms with van der Waals surface area (Å²) in [5.74, 6) is -0.273. The summed E-state index contributed by atoms with van der Waals surface area (Å²) in [5.41, 5.74) is 8.64. The molecule has 1 fully saturated rings. The number of carbonyl (C=O) groups is 1. The molecule has 1 saturated carbocycles. The number of aromatic nitrogens is 2. The Labute approximate surface area is 174 Å². The highest BCUT2D eigenvalue weighted by Gasteiger charge is 2.35. The molecular formula is C22H26N4O4. The number of aliphatic hydroxyl groups excluding tert-OH is 1. The molecule has 2 aliphatic rings. The first-order valence-corrected chi connectivity index (χ1v) is 10.2. The third-order valence-corrected chi connectivity index (χ3v) is 6.09. The fourth-order valence-corrected chi connectivity index (χ4v) is 4.39. The monoisotopic (exact) mass is 410 g/mol. The van der Waals surface area contributed by atoms with E-state index in [-0.39, 0.29) is 11.7 Å². The molecule has 2 aromatic rings. The zero-order valence-corrected chi connectivity index (χ0v) is 17.1. The van der Waals surface area contributed by atoms with Crippen LogP contribution >= 0.6 is 0 Å². The molecule has 1 aliphatic carbocycles. The van der Waals surface area contributed by atoms with Crippen molar-refractivity contribution >= 4 is 23.2 Å². The summed E-state index contributed by atoms with van der Waals surface area (Å²) in [4.78, 5) is 23.8. The Balaban J connectivity index is 1.53. The number of benzene rings is 1. The first-order valence-electron chi connectivity index (χ1n) is 10.2. The average molecular weight is 410 g/mol. The zero-order valence-electron chi connectivity index (χ0n) is 17.1. The lowest BCUT2D eigenvalue weighted by Crippen LogP contribution is -2.41. The maximum absolute atomic E-state index is 11.0. The minimum Gasteiger partial charge on any atom is -0.479 e. The minimum atomic E-state index is -1.26. The molecule has 0 radical (unpaired) electrons. The molecule has 30 heavy (non-hydrogen) atoms. The van der Waals surface area contributed by atoms with Gasteiger partial charge < -0.3 is 20.7 Å². The van der Waals surface area contributed by atoms with Crippen LogP contribution in [0.5, 0.6) is 5.88 Å². The topological polar surface area (TPSA) is 131 Å². The minimum absolute atomic E-state index is 0.166. The molecule has 0 saturated heterocycles. The Morgan fingerprint density at radius 1 is 1.17 bits per heavy atom. The molecule has 1 atom stereocenters. The van der Waals surface area contributed by atoms with Gasteiger partial charge in [0.2, 0.25) is 5.88 Å². The van der Waals surface area contributed by atoms with Crippen LogP contribution in [0.1, 0.15) is 56.6 Å². The maximum atomic E-state index is 11.0. The first kappa shape index (κ1) is 20.3. The Morgan fingerprint density at radius 3 is 2.47 bits per heavy atom. The van der Waals surface area contributed by atoms with Crippen molar-refractivity contribution in [3.05, 3.63) is 41.7 Å². The van der Waals surface area contributed by atoms with Gasteiger partial charge in [-0.3, -0.25) is 0 Å². The second-order valence-electron chi connectivity index (χ2n) is 8.50. The summed E-state index contributed by atoms with van der Waals surface area (Å²) >= 11 is 0. The number of nitrogens with two attached hydrogens (primary N) is 1. The van der Waals surface area contributed by atoms with Crippen LogP contribution in [-0.2, 0) is 4.79 Å². The number of nitrogen functional groups attached to an aromatic ring is 1. The number of aliphatic carboxylic acids is 1. The molecule has 8 nitrogen and oxygen atoms in total. The quantitative estimate of drug-likeness (QED) is 0.706. The SMILES string of the molecule is CC1(C)Oc2ncnc(N)c2N=C1c1ccc(C2CCC(C(O)C(=O)O)CC2)cc1. The molecule has 158 valence electrons. The molecule has 1 aliphatic heterocycles. The van der Waals surface area contributed by atoms with E-state index in [0.717, 1.165) is 24.1 Å². The molecule has 0 amide bonds. The van der Waals surface area contributed by atoms with E-state index in [4.69, 9.17) is 20.6 Å². The summed E-state index contributed by atoms with van der Waals surface area (Å²) < 4.78 is 6.03.